The molecule has 1 atom stereocenters. The van der Waals surface area contributed by atoms with Crippen LogP contribution in [0, 0.1) is 5.92 Å². The number of aliphatic hydroxyl groups is 1. The van der Waals surface area contributed by atoms with Crippen LogP contribution in [-0.4, -0.2) is 48.7 Å². The van der Waals surface area contributed by atoms with Gasteiger partial charge < -0.3 is 14.7 Å². The molecule has 0 heterocycles. The van der Waals surface area contributed by atoms with Crippen molar-refractivity contribution in [2.45, 2.75) is 20.3 Å². The van der Waals surface area contributed by atoms with Crippen molar-refractivity contribution >= 4 is 11.9 Å². The summed E-state index contributed by atoms with van der Waals surface area (Å²) in [4.78, 5) is 23.8. The van der Waals surface area contributed by atoms with Crippen molar-refractivity contribution < 1.29 is 19.4 Å². The summed E-state index contributed by atoms with van der Waals surface area (Å²) < 4.78 is 4.81. The third kappa shape index (κ3) is 5.37. The van der Waals surface area contributed by atoms with E-state index in [2.05, 4.69) is 0 Å². The molecule has 0 aliphatic carbocycles. The molecule has 15 heavy (non-hydrogen) atoms. The van der Waals surface area contributed by atoms with Gasteiger partial charge in [-0.3, -0.25) is 9.59 Å². The van der Waals surface area contributed by atoms with Crippen LogP contribution in [0.1, 0.15) is 20.3 Å². The summed E-state index contributed by atoms with van der Waals surface area (Å²) in [6, 6.07) is 0. The Bertz CT molecular complexity index is 217. The van der Waals surface area contributed by atoms with Crippen LogP contribution in [0.25, 0.3) is 0 Å². The number of amides is 1. The van der Waals surface area contributed by atoms with Gasteiger partial charge in [-0.2, -0.15) is 0 Å². The Kier molecular flexibility index (Phi) is 6.70. The number of ether oxygens (including phenoxy) is 1. The van der Waals surface area contributed by atoms with Crippen LogP contribution in [0.3, 0.4) is 0 Å². The zero-order valence-electron chi connectivity index (χ0n) is 9.52. The van der Waals surface area contributed by atoms with E-state index in [9.17, 15) is 9.59 Å². The molecule has 1 unspecified atom stereocenters. The van der Waals surface area contributed by atoms with Crippen molar-refractivity contribution in [3.8, 4) is 0 Å². The molecule has 0 aliphatic heterocycles. The summed E-state index contributed by atoms with van der Waals surface area (Å²) in [5.74, 6) is -0.843. The van der Waals surface area contributed by atoms with Crippen molar-refractivity contribution in [1.82, 2.24) is 4.90 Å². The highest BCUT2D eigenvalue weighted by Crippen LogP contribution is 2.03. The molecule has 88 valence electrons. The van der Waals surface area contributed by atoms with Crippen molar-refractivity contribution in [2.75, 3.05) is 26.8 Å². The monoisotopic (exact) mass is 217 g/mol. The van der Waals surface area contributed by atoms with E-state index < -0.39 is 0 Å². The first-order chi connectivity index (χ1) is 7.02. The lowest BCUT2D eigenvalue weighted by atomic mass is 10.1. The standard InChI is InChI=1S/C10H19NO4/c1-4-8(2)10(14)15-7-9(13)11(3)5-6-12/h8,12H,4-7H2,1-3H3. The molecule has 5 heteroatoms. The van der Waals surface area contributed by atoms with Gasteiger partial charge in [-0.1, -0.05) is 13.8 Å². The third-order valence-corrected chi connectivity index (χ3v) is 2.21. The second kappa shape index (κ2) is 7.23. The molecule has 5 nitrogen and oxygen atoms in total. The Morgan fingerprint density at radius 3 is 2.53 bits per heavy atom. The number of hydrogen-bond donors (Lipinski definition) is 1. The maximum atomic E-state index is 11.3. The van der Waals surface area contributed by atoms with Gasteiger partial charge in [0.15, 0.2) is 6.61 Å². The summed E-state index contributed by atoms with van der Waals surface area (Å²) in [5, 5.41) is 8.59. The Hall–Kier alpha value is -1.10. The van der Waals surface area contributed by atoms with Crippen LogP contribution in [-0.2, 0) is 14.3 Å². The lowest BCUT2D eigenvalue weighted by molar-refractivity contribution is -0.154. The maximum absolute atomic E-state index is 11.3. The van der Waals surface area contributed by atoms with Crippen LogP contribution in [0.4, 0.5) is 0 Å². The van der Waals surface area contributed by atoms with E-state index in [0.717, 1.165) is 0 Å². The van der Waals surface area contributed by atoms with Gasteiger partial charge in [0.25, 0.3) is 5.91 Å². The minimum Gasteiger partial charge on any atom is -0.455 e. The average molecular weight is 217 g/mol. The quantitative estimate of drug-likeness (QED) is 0.637. The number of carbonyl (C=O) groups is 2. The Morgan fingerprint density at radius 1 is 1.47 bits per heavy atom. The van der Waals surface area contributed by atoms with Crippen LogP contribution in [0.15, 0.2) is 0 Å². The van der Waals surface area contributed by atoms with Crippen molar-refractivity contribution in [3.05, 3.63) is 0 Å². The molecule has 1 N–H and O–H groups in total. The molecule has 0 aromatic rings. The predicted octanol–water partition coefficient (Wildman–Crippen LogP) is 0.0264. The zero-order valence-corrected chi connectivity index (χ0v) is 9.52. The molecule has 0 aromatic heterocycles. The van der Waals surface area contributed by atoms with E-state index >= 15 is 0 Å². The number of carbonyl (C=O) groups excluding carboxylic acids is 2. The molecular weight excluding hydrogens is 198 g/mol. The molecular formula is C10H19NO4. The smallest absolute Gasteiger partial charge is 0.309 e. The highest BCUT2D eigenvalue weighted by Gasteiger charge is 2.15. The van der Waals surface area contributed by atoms with Crippen molar-refractivity contribution in [2.24, 2.45) is 5.92 Å². The molecule has 0 aromatic carbocycles. The fraction of sp³-hybridized carbons (Fsp3) is 0.800. The molecule has 0 aliphatic rings. The first kappa shape index (κ1) is 13.9. The molecule has 0 saturated carbocycles. The topological polar surface area (TPSA) is 66.8 Å². The summed E-state index contributed by atoms with van der Waals surface area (Å²) in [6.07, 6.45) is 0.694. The number of likely N-dealkylation sites (N-methyl/N-ethyl adjacent to an activating group) is 1. The predicted molar refractivity (Wildman–Crippen MR) is 55.1 cm³/mol. The van der Waals surface area contributed by atoms with Gasteiger partial charge in [-0.05, 0) is 6.42 Å². The third-order valence-electron chi connectivity index (χ3n) is 2.21. The van der Waals surface area contributed by atoms with E-state index in [-0.39, 0.29) is 37.6 Å². The number of rotatable bonds is 6. The van der Waals surface area contributed by atoms with Gasteiger partial charge in [0.2, 0.25) is 0 Å². The van der Waals surface area contributed by atoms with Gasteiger partial charge in [0.1, 0.15) is 0 Å². The van der Waals surface area contributed by atoms with Crippen molar-refractivity contribution in [3.63, 3.8) is 0 Å². The Labute approximate surface area is 90.0 Å². The molecule has 0 radical (unpaired) electrons. The molecule has 0 bridgehead atoms. The van der Waals surface area contributed by atoms with Crippen LogP contribution in [0.2, 0.25) is 0 Å². The van der Waals surface area contributed by atoms with E-state index in [0.29, 0.717) is 6.42 Å². The van der Waals surface area contributed by atoms with Gasteiger partial charge >= 0.3 is 5.97 Å². The van der Waals surface area contributed by atoms with Crippen LogP contribution in [0.5, 0.6) is 0 Å². The minimum atomic E-state index is -0.358. The number of nitrogens with zero attached hydrogens (tertiary/aromatic N) is 1. The molecule has 0 saturated heterocycles. The van der Waals surface area contributed by atoms with Crippen LogP contribution < -0.4 is 0 Å². The largest absolute Gasteiger partial charge is 0.455 e. The highest BCUT2D eigenvalue weighted by molar-refractivity contribution is 5.81. The minimum absolute atomic E-state index is 0.0957. The van der Waals surface area contributed by atoms with E-state index in [4.69, 9.17) is 9.84 Å². The zero-order chi connectivity index (χ0) is 11.8. The Balaban J connectivity index is 3.85. The van der Waals surface area contributed by atoms with Gasteiger partial charge in [-0.15, -0.1) is 0 Å². The van der Waals surface area contributed by atoms with Crippen molar-refractivity contribution in [1.29, 1.82) is 0 Å². The van der Waals surface area contributed by atoms with E-state index in [1.165, 1.54) is 4.90 Å². The molecule has 1 amide bonds. The van der Waals surface area contributed by atoms with Gasteiger partial charge in [0.05, 0.1) is 12.5 Å². The lowest BCUT2D eigenvalue weighted by Gasteiger charge is -2.16. The summed E-state index contributed by atoms with van der Waals surface area (Å²) in [5.41, 5.74) is 0. The summed E-state index contributed by atoms with van der Waals surface area (Å²) in [7, 11) is 1.55. The molecule has 0 fully saturated rings. The SMILES string of the molecule is CCC(C)C(=O)OCC(=O)N(C)CCO. The molecule has 0 rings (SSSR count). The van der Waals surface area contributed by atoms with Gasteiger partial charge in [-0.25, -0.2) is 0 Å². The second-order valence-electron chi connectivity index (χ2n) is 3.46. The first-order valence-electron chi connectivity index (χ1n) is 5.04. The van der Waals surface area contributed by atoms with E-state index in [1.807, 2.05) is 6.92 Å². The average Bonchev–Trinajstić information content (AvgIpc) is 2.24. The Morgan fingerprint density at radius 2 is 2.07 bits per heavy atom. The van der Waals surface area contributed by atoms with Gasteiger partial charge in [0, 0.05) is 13.6 Å². The fourth-order valence-electron chi connectivity index (χ4n) is 0.827. The number of aliphatic hydroxyl groups excluding tert-OH is 1. The lowest BCUT2D eigenvalue weighted by Crippen LogP contribution is -2.33. The highest BCUT2D eigenvalue weighted by atomic mass is 16.5. The number of hydrogen-bond acceptors (Lipinski definition) is 4. The fourth-order valence-corrected chi connectivity index (χ4v) is 0.827. The normalized spacial score (nSPS) is 12.0. The van der Waals surface area contributed by atoms with E-state index in [1.54, 1.807) is 14.0 Å². The molecule has 0 spiro atoms. The first-order valence-corrected chi connectivity index (χ1v) is 5.04. The second-order valence-corrected chi connectivity index (χ2v) is 3.46. The summed E-state index contributed by atoms with van der Waals surface area (Å²) in [6.45, 7) is 3.54. The van der Waals surface area contributed by atoms with Crippen LogP contribution >= 0.6 is 0 Å². The number of esters is 1. The summed E-state index contributed by atoms with van der Waals surface area (Å²) >= 11 is 0. The maximum Gasteiger partial charge on any atom is 0.309 e.